The number of halogens is 1. The van der Waals surface area contributed by atoms with Crippen molar-refractivity contribution in [3.05, 3.63) is 75.6 Å². The first-order chi connectivity index (χ1) is 14.5. The number of nitrogens with zero attached hydrogens (tertiary/aromatic N) is 3. The quantitative estimate of drug-likeness (QED) is 0.667. The van der Waals surface area contributed by atoms with Crippen LogP contribution in [0.25, 0.3) is 0 Å². The van der Waals surface area contributed by atoms with Crippen molar-refractivity contribution in [3.63, 3.8) is 0 Å². The van der Waals surface area contributed by atoms with E-state index in [2.05, 4.69) is 10.4 Å². The van der Waals surface area contributed by atoms with Crippen molar-refractivity contribution in [1.82, 2.24) is 19.7 Å². The number of hydrogen-bond acceptors (Lipinski definition) is 5. The molecular formula is C21H23FN4O4. The van der Waals surface area contributed by atoms with Crippen molar-refractivity contribution in [3.8, 4) is 0 Å². The Labute approximate surface area is 172 Å². The van der Waals surface area contributed by atoms with Crippen molar-refractivity contribution in [1.29, 1.82) is 0 Å². The van der Waals surface area contributed by atoms with Gasteiger partial charge in [-0.25, -0.2) is 13.9 Å². The second-order valence-electron chi connectivity index (χ2n) is 7.33. The van der Waals surface area contributed by atoms with Gasteiger partial charge < -0.3 is 14.5 Å². The number of methoxy groups -OCH3 is 1. The number of nitrogens with one attached hydrogen (secondary N) is 1. The van der Waals surface area contributed by atoms with Crippen LogP contribution in [-0.2, 0) is 30.9 Å². The summed E-state index contributed by atoms with van der Waals surface area (Å²) in [5.41, 5.74) is 0.611. The van der Waals surface area contributed by atoms with Crippen LogP contribution in [0, 0.1) is 5.82 Å². The maximum atomic E-state index is 13.1. The van der Waals surface area contributed by atoms with Gasteiger partial charge in [0.2, 0.25) is 0 Å². The van der Waals surface area contributed by atoms with E-state index >= 15 is 0 Å². The number of ether oxygens (including phenoxy) is 1. The van der Waals surface area contributed by atoms with E-state index in [1.807, 2.05) is 0 Å². The predicted octanol–water partition coefficient (Wildman–Crippen LogP) is 2.11. The van der Waals surface area contributed by atoms with Gasteiger partial charge in [-0.15, -0.1) is 0 Å². The molecule has 8 nitrogen and oxygen atoms in total. The molecule has 2 aromatic heterocycles. The minimum Gasteiger partial charge on any atom is -0.453 e. The van der Waals surface area contributed by atoms with E-state index in [1.165, 1.54) is 16.8 Å². The first-order valence-corrected chi connectivity index (χ1v) is 9.83. The van der Waals surface area contributed by atoms with E-state index in [1.54, 1.807) is 35.9 Å². The van der Waals surface area contributed by atoms with Crippen LogP contribution in [-0.4, -0.2) is 33.4 Å². The van der Waals surface area contributed by atoms with E-state index in [4.69, 9.17) is 9.15 Å². The molecule has 1 aliphatic heterocycles. The fourth-order valence-electron chi connectivity index (χ4n) is 3.61. The molecule has 30 heavy (non-hydrogen) atoms. The van der Waals surface area contributed by atoms with Crippen molar-refractivity contribution in [2.45, 2.75) is 45.0 Å². The van der Waals surface area contributed by atoms with Crippen molar-refractivity contribution in [2.75, 3.05) is 7.11 Å². The summed E-state index contributed by atoms with van der Waals surface area (Å²) in [7, 11) is 1.56. The summed E-state index contributed by atoms with van der Waals surface area (Å²) in [5, 5.41) is 7.43. The van der Waals surface area contributed by atoms with Gasteiger partial charge in [-0.3, -0.25) is 9.36 Å². The van der Waals surface area contributed by atoms with Gasteiger partial charge >= 0.3 is 5.69 Å². The third-order valence-corrected chi connectivity index (χ3v) is 5.17. The Bertz CT molecular complexity index is 1080. The van der Waals surface area contributed by atoms with E-state index in [0.29, 0.717) is 50.5 Å². The standard InChI is InChI=1S/C21H23FN4O4/c1-29-13-17-7-8-18(30-17)20(27)23-16-6-9-19-24-26(21(28)25(19)11-10-16)12-14-2-4-15(22)5-3-14/h2-5,7-8,16H,6,9-13H2,1H3,(H,23,27). The molecule has 1 N–H and O–H groups in total. The number of aryl methyl sites for hydroxylation is 1. The van der Waals surface area contributed by atoms with Crippen LogP contribution < -0.4 is 11.0 Å². The summed E-state index contributed by atoms with van der Waals surface area (Å²) >= 11 is 0. The summed E-state index contributed by atoms with van der Waals surface area (Å²) in [6.45, 7) is 1.07. The van der Waals surface area contributed by atoms with Gasteiger partial charge in [0.1, 0.15) is 24.0 Å². The van der Waals surface area contributed by atoms with Crippen LogP contribution >= 0.6 is 0 Å². The van der Waals surface area contributed by atoms with Gasteiger partial charge in [-0.2, -0.15) is 5.10 Å². The summed E-state index contributed by atoms with van der Waals surface area (Å²) in [6, 6.07) is 9.28. The van der Waals surface area contributed by atoms with Crippen molar-refractivity contribution >= 4 is 5.91 Å². The smallest absolute Gasteiger partial charge is 0.346 e. The zero-order valence-corrected chi connectivity index (χ0v) is 16.6. The van der Waals surface area contributed by atoms with Gasteiger partial charge in [0, 0.05) is 26.1 Å². The summed E-state index contributed by atoms with van der Waals surface area (Å²) in [4.78, 5) is 25.2. The predicted molar refractivity (Wildman–Crippen MR) is 106 cm³/mol. The average molecular weight is 414 g/mol. The van der Waals surface area contributed by atoms with Crippen molar-refractivity contribution in [2.24, 2.45) is 0 Å². The average Bonchev–Trinajstić information content (AvgIpc) is 3.25. The van der Waals surface area contributed by atoms with Crippen LogP contribution in [0.4, 0.5) is 4.39 Å². The summed E-state index contributed by atoms with van der Waals surface area (Å²) in [6.07, 6.45) is 1.86. The summed E-state index contributed by atoms with van der Waals surface area (Å²) < 4.78 is 26.6. The number of amides is 1. The van der Waals surface area contributed by atoms with Gasteiger partial charge in [0.25, 0.3) is 5.91 Å². The highest BCUT2D eigenvalue weighted by Gasteiger charge is 2.23. The topological polar surface area (TPSA) is 91.3 Å². The van der Waals surface area contributed by atoms with Crippen LogP contribution in [0.15, 0.2) is 45.6 Å². The molecule has 3 heterocycles. The molecule has 0 fully saturated rings. The molecule has 0 aliphatic carbocycles. The maximum Gasteiger partial charge on any atom is 0.346 e. The Morgan fingerprint density at radius 1 is 1.27 bits per heavy atom. The van der Waals surface area contributed by atoms with Crippen molar-refractivity contribution < 1.29 is 18.3 Å². The normalized spacial score (nSPS) is 16.1. The maximum absolute atomic E-state index is 13.1. The zero-order chi connectivity index (χ0) is 21.1. The van der Waals surface area contributed by atoms with Gasteiger partial charge in [0.15, 0.2) is 5.76 Å². The Morgan fingerprint density at radius 2 is 2.07 bits per heavy atom. The lowest BCUT2D eigenvalue weighted by molar-refractivity contribution is 0.0896. The van der Waals surface area contributed by atoms with Crippen LogP contribution in [0.2, 0.25) is 0 Å². The minimum atomic E-state index is -0.315. The Kier molecular flexibility index (Phi) is 5.80. The molecule has 3 aromatic rings. The molecular weight excluding hydrogens is 391 g/mol. The van der Waals surface area contributed by atoms with E-state index in [0.717, 1.165) is 5.56 Å². The number of aromatic nitrogens is 3. The van der Waals surface area contributed by atoms with Crippen LogP contribution in [0.5, 0.6) is 0 Å². The first kappa shape index (κ1) is 20.1. The molecule has 158 valence electrons. The lowest BCUT2D eigenvalue weighted by atomic mass is 10.1. The van der Waals surface area contributed by atoms with Gasteiger partial charge in [-0.1, -0.05) is 12.1 Å². The van der Waals surface area contributed by atoms with E-state index < -0.39 is 0 Å². The highest BCUT2D eigenvalue weighted by Crippen LogP contribution is 2.15. The molecule has 1 unspecified atom stereocenters. The number of benzene rings is 1. The molecule has 1 atom stereocenters. The van der Waals surface area contributed by atoms with Gasteiger partial charge in [-0.05, 0) is 42.7 Å². The molecule has 1 aromatic carbocycles. The third kappa shape index (κ3) is 4.35. The summed E-state index contributed by atoms with van der Waals surface area (Å²) in [5.74, 6) is 0.926. The molecule has 0 saturated carbocycles. The molecule has 0 saturated heterocycles. The van der Waals surface area contributed by atoms with E-state index in [-0.39, 0.29) is 29.2 Å². The largest absolute Gasteiger partial charge is 0.453 e. The number of fused-ring (bicyclic) bond motifs is 1. The number of rotatable bonds is 6. The molecule has 9 heteroatoms. The monoisotopic (exact) mass is 414 g/mol. The Morgan fingerprint density at radius 3 is 2.83 bits per heavy atom. The fourth-order valence-corrected chi connectivity index (χ4v) is 3.61. The third-order valence-electron chi connectivity index (χ3n) is 5.17. The molecule has 0 radical (unpaired) electrons. The highest BCUT2D eigenvalue weighted by atomic mass is 19.1. The highest BCUT2D eigenvalue weighted by molar-refractivity contribution is 5.91. The van der Waals surface area contributed by atoms with Gasteiger partial charge in [0.05, 0.1) is 6.54 Å². The molecule has 0 spiro atoms. The lowest BCUT2D eigenvalue weighted by Crippen LogP contribution is -2.35. The number of furan rings is 1. The molecule has 0 bridgehead atoms. The van der Waals surface area contributed by atoms with Crippen LogP contribution in [0.3, 0.4) is 0 Å². The second-order valence-corrected chi connectivity index (χ2v) is 7.33. The van der Waals surface area contributed by atoms with E-state index in [9.17, 15) is 14.0 Å². The van der Waals surface area contributed by atoms with Crippen LogP contribution in [0.1, 0.15) is 40.5 Å². The Balaban J connectivity index is 1.39. The molecule has 1 aliphatic rings. The molecule has 1 amide bonds. The number of hydrogen-bond donors (Lipinski definition) is 1. The second kappa shape index (κ2) is 8.66. The Hall–Kier alpha value is -3.20. The minimum absolute atomic E-state index is 0.0832. The fraction of sp³-hybridized carbons (Fsp3) is 0.381. The number of carbonyl (C=O) groups is 1. The first-order valence-electron chi connectivity index (χ1n) is 9.83. The number of carbonyl (C=O) groups excluding carboxylic acids is 1. The SMILES string of the molecule is COCc1ccc(C(=O)NC2CCc3nn(Cc4ccc(F)cc4)c(=O)n3CC2)o1. The lowest BCUT2D eigenvalue weighted by Gasteiger charge is -2.15. The zero-order valence-electron chi connectivity index (χ0n) is 16.6. The molecule has 4 rings (SSSR count).